The fraction of sp³-hybridized carbons (Fsp3) is 0.450. The van der Waals surface area contributed by atoms with Crippen LogP contribution in [0.3, 0.4) is 0 Å². The predicted molar refractivity (Wildman–Crippen MR) is 188 cm³/mol. The Labute approximate surface area is 267 Å². The smallest absolute Gasteiger partial charge is 0.328 e. The lowest BCUT2D eigenvalue weighted by atomic mass is 9.72. The molecule has 0 aromatic rings. The van der Waals surface area contributed by atoms with Crippen molar-refractivity contribution in [2.24, 2.45) is 10.8 Å². The molecular weight excluding hydrogens is 544 g/mol. The van der Waals surface area contributed by atoms with E-state index in [1.54, 1.807) is 26.0 Å². The second-order valence-corrected chi connectivity index (χ2v) is 13.5. The molecule has 0 atom stereocenters. The molecule has 2 aliphatic carbocycles. The summed E-state index contributed by atoms with van der Waals surface area (Å²) in [7, 11) is 0. The predicted octanol–water partition coefficient (Wildman–Crippen LogP) is 11.2. The van der Waals surface area contributed by atoms with Crippen LogP contribution in [0.1, 0.15) is 108 Å². The molecule has 0 aliphatic heterocycles. The van der Waals surface area contributed by atoms with E-state index in [0.717, 1.165) is 22.3 Å². The molecule has 0 aromatic heterocycles. The number of carbonyl (C=O) groups is 2. The first-order chi connectivity index (χ1) is 20.4. The monoisotopic (exact) mass is 600 g/mol. The summed E-state index contributed by atoms with van der Waals surface area (Å²) in [5, 5.41) is 17.3. The second-order valence-electron chi connectivity index (χ2n) is 13.5. The minimum Gasteiger partial charge on any atom is -0.478 e. The Morgan fingerprint density at radius 2 is 0.932 bits per heavy atom. The van der Waals surface area contributed by atoms with Crippen molar-refractivity contribution in [2.45, 2.75) is 108 Å². The molecule has 0 spiro atoms. The molecule has 0 amide bonds. The highest BCUT2D eigenvalue weighted by atomic mass is 16.4. The van der Waals surface area contributed by atoms with E-state index in [9.17, 15) is 9.59 Å². The molecule has 4 heteroatoms. The van der Waals surface area contributed by atoms with Crippen LogP contribution in [0, 0.1) is 10.8 Å². The molecule has 0 saturated heterocycles. The van der Waals surface area contributed by atoms with Crippen LogP contribution in [0.4, 0.5) is 0 Å². The normalized spacial score (nSPS) is 20.2. The second kappa shape index (κ2) is 18.2. The third-order valence-corrected chi connectivity index (χ3v) is 8.25. The molecule has 4 nitrogen and oxygen atoms in total. The van der Waals surface area contributed by atoms with Gasteiger partial charge in [0.05, 0.1) is 0 Å². The topological polar surface area (TPSA) is 74.6 Å². The standard InChI is InChI=1S/2C20H28O2/c2*1-15(8-6-9-16(2)14-19(21)22)11-12-18-17(3)10-7-13-20(18,4)5/h2*6,8-9,11-12,14H,7,10,13H2,1-5H3,(H,21,22)/b9-6+,12-11+,15-8+,16-14+;. The zero-order valence-electron chi connectivity index (χ0n) is 28.9. The van der Waals surface area contributed by atoms with Gasteiger partial charge in [-0.05, 0) is 113 Å². The number of hydrogen-bond donors (Lipinski definition) is 2. The Hall–Kier alpha value is -3.66. The summed E-state index contributed by atoms with van der Waals surface area (Å²) in [5.74, 6) is -1.82. The summed E-state index contributed by atoms with van der Waals surface area (Å²) in [6.07, 6.45) is 30.0. The van der Waals surface area contributed by atoms with Gasteiger partial charge in [0.2, 0.25) is 0 Å². The van der Waals surface area contributed by atoms with E-state index in [1.165, 1.54) is 73.0 Å². The lowest BCUT2D eigenvalue weighted by Crippen LogP contribution is -2.19. The highest BCUT2D eigenvalue weighted by Gasteiger charge is 2.27. The Balaban J connectivity index is 0.000000440. The Kier molecular flexibility index (Phi) is 15.9. The zero-order valence-corrected chi connectivity index (χ0v) is 28.9. The number of carboxylic acids is 2. The zero-order chi connectivity index (χ0) is 33.5. The molecule has 0 radical (unpaired) electrons. The largest absolute Gasteiger partial charge is 0.478 e. The summed E-state index contributed by atoms with van der Waals surface area (Å²) in [4.78, 5) is 21.1. The summed E-state index contributed by atoms with van der Waals surface area (Å²) in [6.45, 7) is 21.4. The van der Waals surface area contributed by atoms with E-state index in [1.807, 2.05) is 24.3 Å². The molecule has 0 heterocycles. The molecule has 240 valence electrons. The van der Waals surface area contributed by atoms with Crippen molar-refractivity contribution in [2.75, 3.05) is 0 Å². The van der Waals surface area contributed by atoms with Crippen LogP contribution in [0.5, 0.6) is 0 Å². The van der Waals surface area contributed by atoms with Crippen molar-refractivity contribution in [1.29, 1.82) is 0 Å². The SMILES string of the molecule is CC(C=CC1=C(C)CCCC1(C)C)=CC=CC(C)=CC(=O)O.CC1=C(/C=C/C(C)=C/C=C/C(C)=C/C(=O)O)C(C)(C)CCC1. The maximum Gasteiger partial charge on any atom is 0.328 e. The summed E-state index contributed by atoms with van der Waals surface area (Å²) < 4.78 is 0. The van der Waals surface area contributed by atoms with Crippen molar-refractivity contribution in [3.63, 3.8) is 0 Å². The van der Waals surface area contributed by atoms with E-state index in [0.29, 0.717) is 0 Å². The number of allylic oxidation sites excluding steroid dienone is 18. The van der Waals surface area contributed by atoms with E-state index < -0.39 is 11.9 Å². The minimum absolute atomic E-state index is 0.260. The molecule has 2 N–H and O–H groups in total. The van der Waals surface area contributed by atoms with Crippen LogP contribution in [0.2, 0.25) is 0 Å². The van der Waals surface area contributed by atoms with Crippen molar-refractivity contribution in [1.82, 2.24) is 0 Å². The summed E-state index contributed by atoms with van der Waals surface area (Å²) in [5.41, 5.74) is 10.2. The molecular formula is C40H56O4. The first-order valence-electron chi connectivity index (χ1n) is 15.7. The first-order valence-corrected chi connectivity index (χ1v) is 15.7. The van der Waals surface area contributed by atoms with Gasteiger partial charge in [-0.15, -0.1) is 0 Å². The summed E-state index contributed by atoms with van der Waals surface area (Å²) >= 11 is 0. The lowest BCUT2D eigenvalue weighted by Gasteiger charge is -2.33. The molecule has 0 saturated carbocycles. The van der Waals surface area contributed by atoms with Crippen LogP contribution in [0.15, 0.2) is 117 Å². The van der Waals surface area contributed by atoms with Gasteiger partial charge in [-0.25, -0.2) is 9.59 Å². The number of hydrogen-bond acceptors (Lipinski definition) is 2. The van der Waals surface area contributed by atoms with Gasteiger partial charge in [0.25, 0.3) is 0 Å². The average molecular weight is 601 g/mol. The number of aliphatic carboxylic acids is 2. The van der Waals surface area contributed by atoms with Crippen molar-refractivity contribution >= 4 is 11.9 Å². The van der Waals surface area contributed by atoms with Gasteiger partial charge in [0, 0.05) is 12.2 Å². The maximum absolute atomic E-state index is 10.5. The molecule has 0 aromatic carbocycles. The number of rotatable bonds is 10. The Bertz CT molecular complexity index is 1240. The summed E-state index contributed by atoms with van der Waals surface area (Å²) in [6, 6.07) is 0. The quantitative estimate of drug-likeness (QED) is 0.193. The van der Waals surface area contributed by atoms with Gasteiger partial charge >= 0.3 is 11.9 Å². The fourth-order valence-corrected chi connectivity index (χ4v) is 5.75. The van der Waals surface area contributed by atoms with Crippen molar-refractivity contribution in [3.05, 3.63) is 117 Å². The van der Waals surface area contributed by atoms with Crippen molar-refractivity contribution in [3.8, 4) is 0 Å². The molecule has 0 bridgehead atoms. The van der Waals surface area contributed by atoms with Gasteiger partial charge in [0.15, 0.2) is 0 Å². The molecule has 0 fully saturated rings. The van der Waals surface area contributed by atoms with Gasteiger partial charge < -0.3 is 10.2 Å². The van der Waals surface area contributed by atoms with Gasteiger partial charge in [-0.3, -0.25) is 0 Å². The average Bonchev–Trinajstić information content (AvgIpc) is 2.87. The maximum atomic E-state index is 10.5. The van der Waals surface area contributed by atoms with Gasteiger partial charge in [0.1, 0.15) is 0 Å². The molecule has 44 heavy (non-hydrogen) atoms. The Morgan fingerprint density at radius 1 is 0.591 bits per heavy atom. The molecule has 2 aliphatic rings. The molecule has 2 rings (SSSR count). The molecule has 0 unspecified atom stereocenters. The highest BCUT2D eigenvalue weighted by molar-refractivity contribution is 5.81. The minimum atomic E-state index is -0.912. The highest BCUT2D eigenvalue weighted by Crippen LogP contribution is 2.41. The van der Waals surface area contributed by atoms with Gasteiger partial charge in [-0.1, -0.05) is 111 Å². The Morgan fingerprint density at radius 3 is 1.23 bits per heavy atom. The van der Waals surface area contributed by atoms with Crippen LogP contribution in [0.25, 0.3) is 0 Å². The van der Waals surface area contributed by atoms with Crippen LogP contribution in [-0.2, 0) is 9.59 Å². The lowest BCUT2D eigenvalue weighted by molar-refractivity contribution is -0.132. The van der Waals surface area contributed by atoms with Crippen LogP contribution >= 0.6 is 0 Å². The fourth-order valence-electron chi connectivity index (χ4n) is 5.75. The van der Waals surface area contributed by atoms with Crippen LogP contribution < -0.4 is 0 Å². The number of carboxylic acid groups (broad SMARTS) is 2. The van der Waals surface area contributed by atoms with E-state index in [4.69, 9.17) is 10.2 Å². The van der Waals surface area contributed by atoms with Crippen molar-refractivity contribution < 1.29 is 19.8 Å². The first kappa shape index (κ1) is 38.4. The third-order valence-electron chi connectivity index (χ3n) is 8.25. The van der Waals surface area contributed by atoms with E-state index in [-0.39, 0.29) is 10.8 Å². The van der Waals surface area contributed by atoms with E-state index >= 15 is 0 Å². The van der Waals surface area contributed by atoms with Crippen LogP contribution in [-0.4, -0.2) is 22.2 Å². The third kappa shape index (κ3) is 14.7. The van der Waals surface area contributed by atoms with E-state index in [2.05, 4.69) is 79.7 Å². The van der Waals surface area contributed by atoms with Gasteiger partial charge in [-0.2, -0.15) is 0 Å².